The number of rotatable bonds is 3. The van der Waals surface area contributed by atoms with Gasteiger partial charge in [-0.15, -0.1) is 0 Å². The van der Waals surface area contributed by atoms with E-state index in [0.29, 0.717) is 6.54 Å². The summed E-state index contributed by atoms with van der Waals surface area (Å²) in [5.74, 6) is 0. The molecule has 110 valence electrons. The Labute approximate surface area is 127 Å². The Hall–Kier alpha value is -1.98. The summed E-state index contributed by atoms with van der Waals surface area (Å²) < 4.78 is 14.5. The van der Waals surface area contributed by atoms with Crippen molar-refractivity contribution in [2.45, 2.75) is 25.3 Å². The predicted molar refractivity (Wildman–Crippen MR) is 87.2 cm³/mol. The first kappa shape index (κ1) is 15.4. The van der Waals surface area contributed by atoms with Crippen molar-refractivity contribution in [2.75, 3.05) is 0 Å². The molecule has 0 amide bonds. The van der Waals surface area contributed by atoms with Crippen molar-refractivity contribution in [3.63, 3.8) is 0 Å². The molecule has 1 aromatic carbocycles. The molecule has 0 aliphatic rings. The van der Waals surface area contributed by atoms with E-state index in [2.05, 4.69) is 4.98 Å². The zero-order chi connectivity index (χ0) is 15.2. The summed E-state index contributed by atoms with van der Waals surface area (Å²) in [6.07, 6.45) is 3.45. The molecule has 0 bridgehead atoms. The van der Waals surface area contributed by atoms with Crippen molar-refractivity contribution >= 4 is 21.9 Å². The fourth-order valence-electron chi connectivity index (χ4n) is 2.07. The summed E-state index contributed by atoms with van der Waals surface area (Å²) in [4.78, 5) is 4.84. The van der Waals surface area contributed by atoms with E-state index in [0.717, 1.165) is 21.5 Å². The Balaban J connectivity index is 0.000000774. The van der Waals surface area contributed by atoms with E-state index in [1.165, 1.54) is 0 Å². The number of aromatic nitrogens is 2. The lowest BCUT2D eigenvalue weighted by molar-refractivity contribution is 0.676. The van der Waals surface area contributed by atoms with Gasteiger partial charge in [0.15, 0.2) is 11.0 Å². The van der Waals surface area contributed by atoms with E-state index in [4.69, 9.17) is 5.73 Å². The van der Waals surface area contributed by atoms with Crippen molar-refractivity contribution in [1.82, 2.24) is 8.96 Å². The summed E-state index contributed by atoms with van der Waals surface area (Å²) in [6, 6.07) is 13.2. The molecule has 2 heterocycles. The first-order valence-corrected chi connectivity index (χ1v) is 8.03. The minimum atomic E-state index is -1.29. The molecule has 0 spiro atoms. The van der Waals surface area contributed by atoms with Crippen LogP contribution in [0.1, 0.15) is 19.5 Å². The van der Waals surface area contributed by atoms with Crippen LogP contribution in [0.5, 0.6) is 0 Å². The van der Waals surface area contributed by atoms with E-state index < -0.39 is 11.0 Å². The highest BCUT2D eigenvalue weighted by molar-refractivity contribution is 7.83. The standard InChI is InChI=1S/C14H13N3OS.C2H6/c15-9-12-8-11-10-16-7-6-14(11)17(12)19(18)13-4-2-1-3-5-13;1-2/h1-8,10H,9,15H2;1-2H3. The molecule has 2 aromatic heterocycles. The van der Waals surface area contributed by atoms with Crippen LogP contribution in [-0.2, 0) is 17.5 Å². The smallest absolute Gasteiger partial charge is 0.157 e. The SMILES string of the molecule is CC.NCc1cc2cnccc2n1S(=O)c1ccccc1. The highest BCUT2D eigenvalue weighted by Gasteiger charge is 2.14. The first-order chi connectivity index (χ1) is 10.3. The van der Waals surface area contributed by atoms with Crippen LogP contribution in [0.25, 0.3) is 10.9 Å². The maximum absolute atomic E-state index is 12.7. The summed E-state index contributed by atoms with van der Waals surface area (Å²) in [7, 11) is -1.29. The molecule has 0 aliphatic carbocycles. The van der Waals surface area contributed by atoms with Gasteiger partial charge in [0.25, 0.3) is 0 Å². The molecule has 0 saturated carbocycles. The molecule has 21 heavy (non-hydrogen) atoms. The molecular formula is C16H19N3OS. The second kappa shape index (κ2) is 7.15. The summed E-state index contributed by atoms with van der Waals surface area (Å²) in [5.41, 5.74) is 7.48. The van der Waals surface area contributed by atoms with Gasteiger partial charge in [0, 0.05) is 30.0 Å². The van der Waals surface area contributed by atoms with Gasteiger partial charge >= 0.3 is 0 Å². The van der Waals surface area contributed by atoms with Crippen molar-refractivity contribution in [1.29, 1.82) is 0 Å². The lowest BCUT2D eigenvalue weighted by Gasteiger charge is -2.08. The van der Waals surface area contributed by atoms with Crippen molar-refractivity contribution in [2.24, 2.45) is 5.73 Å². The normalized spacial score (nSPS) is 11.8. The zero-order valence-electron chi connectivity index (χ0n) is 12.2. The molecule has 0 saturated heterocycles. The molecule has 3 rings (SSSR count). The van der Waals surface area contributed by atoms with Crippen molar-refractivity contribution < 1.29 is 4.21 Å². The van der Waals surface area contributed by atoms with Gasteiger partial charge in [-0.2, -0.15) is 0 Å². The average Bonchev–Trinajstić information content (AvgIpc) is 2.95. The maximum atomic E-state index is 12.7. The third-order valence-corrected chi connectivity index (χ3v) is 4.39. The Morgan fingerprint density at radius 3 is 2.57 bits per heavy atom. The van der Waals surface area contributed by atoms with Gasteiger partial charge in [0.05, 0.1) is 10.4 Å². The molecule has 0 radical (unpaired) electrons. The van der Waals surface area contributed by atoms with E-state index in [1.54, 1.807) is 16.4 Å². The first-order valence-electron chi connectivity index (χ1n) is 6.93. The third-order valence-electron chi connectivity index (χ3n) is 2.95. The van der Waals surface area contributed by atoms with Crippen molar-refractivity contribution in [3.05, 3.63) is 60.6 Å². The van der Waals surface area contributed by atoms with Gasteiger partial charge < -0.3 is 5.73 Å². The van der Waals surface area contributed by atoms with Crippen LogP contribution in [0.3, 0.4) is 0 Å². The van der Waals surface area contributed by atoms with Gasteiger partial charge in [-0.05, 0) is 24.3 Å². The number of benzene rings is 1. The van der Waals surface area contributed by atoms with Crippen molar-refractivity contribution in [3.8, 4) is 0 Å². The van der Waals surface area contributed by atoms with Crippen LogP contribution in [0.4, 0.5) is 0 Å². The third kappa shape index (κ3) is 3.04. The van der Waals surface area contributed by atoms with Crippen LogP contribution in [-0.4, -0.2) is 13.2 Å². The predicted octanol–water partition coefficient (Wildman–Crippen LogP) is 3.09. The van der Waals surface area contributed by atoms with E-state index in [9.17, 15) is 4.21 Å². The van der Waals surface area contributed by atoms with Gasteiger partial charge in [-0.1, -0.05) is 32.0 Å². The minimum absolute atomic E-state index is 0.341. The summed E-state index contributed by atoms with van der Waals surface area (Å²) in [6.45, 7) is 4.34. The van der Waals surface area contributed by atoms with Gasteiger partial charge in [-0.3, -0.25) is 8.96 Å². The second-order valence-electron chi connectivity index (χ2n) is 4.13. The quantitative estimate of drug-likeness (QED) is 0.808. The molecule has 1 unspecified atom stereocenters. The second-order valence-corrected chi connectivity index (χ2v) is 5.47. The largest absolute Gasteiger partial charge is 0.325 e. The van der Waals surface area contributed by atoms with Gasteiger partial charge in [-0.25, -0.2) is 4.21 Å². The Morgan fingerprint density at radius 2 is 1.90 bits per heavy atom. The topological polar surface area (TPSA) is 60.9 Å². The Bertz CT molecular complexity index is 738. The van der Waals surface area contributed by atoms with Crippen LogP contribution in [0, 0.1) is 0 Å². The van der Waals surface area contributed by atoms with Gasteiger partial charge in [0.2, 0.25) is 0 Å². The Morgan fingerprint density at radius 1 is 1.19 bits per heavy atom. The fraction of sp³-hybridized carbons (Fsp3) is 0.188. The number of pyridine rings is 1. The zero-order valence-corrected chi connectivity index (χ0v) is 13.0. The average molecular weight is 301 g/mol. The number of nitrogens with zero attached hydrogens (tertiary/aromatic N) is 2. The maximum Gasteiger partial charge on any atom is 0.157 e. The van der Waals surface area contributed by atoms with E-state index in [-0.39, 0.29) is 0 Å². The number of hydrogen-bond acceptors (Lipinski definition) is 3. The molecule has 2 N–H and O–H groups in total. The summed E-state index contributed by atoms with van der Waals surface area (Å²) >= 11 is 0. The number of fused-ring (bicyclic) bond motifs is 1. The van der Waals surface area contributed by atoms with Crippen LogP contribution < -0.4 is 5.73 Å². The monoisotopic (exact) mass is 301 g/mol. The highest BCUT2D eigenvalue weighted by atomic mass is 32.2. The number of nitrogens with two attached hydrogens (primary N) is 1. The van der Waals surface area contributed by atoms with Crippen LogP contribution >= 0.6 is 0 Å². The fourth-order valence-corrected chi connectivity index (χ4v) is 3.35. The highest BCUT2D eigenvalue weighted by Crippen LogP contribution is 2.22. The Kier molecular flexibility index (Phi) is 5.25. The molecule has 0 aliphatic heterocycles. The van der Waals surface area contributed by atoms with Gasteiger partial charge in [0.1, 0.15) is 0 Å². The molecule has 1 atom stereocenters. The minimum Gasteiger partial charge on any atom is -0.325 e. The lowest BCUT2D eigenvalue weighted by atomic mass is 10.3. The van der Waals surface area contributed by atoms with E-state index >= 15 is 0 Å². The molecule has 5 heteroatoms. The van der Waals surface area contributed by atoms with E-state index in [1.807, 2.05) is 56.3 Å². The molecule has 3 aromatic rings. The molecular weight excluding hydrogens is 282 g/mol. The van der Waals surface area contributed by atoms with Crippen LogP contribution in [0.15, 0.2) is 59.8 Å². The van der Waals surface area contributed by atoms with Crippen LogP contribution in [0.2, 0.25) is 0 Å². The summed E-state index contributed by atoms with van der Waals surface area (Å²) in [5, 5.41) is 0.951. The molecule has 4 nitrogen and oxygen atoms in total. The molecule has 0 fully saturated rings. The lowest BCUT2D eigenvalue weighted by Crippen LogP contribution is -2.11. The number of hydrogen-bond donors (Lipinski definition) is 1.